The molecular formula is C21H18F5N5O3. The first-order valence-corrected chi connectivity index (χ1v) is 9.64. The van der Waals surface area contributed by atoms with E-state index >= 15 is 0 Å². The molecule has 2 heterocycles. The minimum Gasteiger partial charge on any atom is -0.463 e. The molecule has 3 N–H and O–H groups in total. The Hall–Kier alpha value is -3.95. The molecule has 8 nitrogen and oxygen atoms in total. The highest BCUT2D eigenvalue weighted by Gasteiger charge is 2.58. The number of hydrogen-bond acceptors (Lipinski definition) is 7. The van der Waals surface area contributed by atoms with Gasteiger partial charge in [-0.25, -0.2) is 23.7 Å². The topological polar surface area (TPSA) is 112 Å². The van der Waals surface area contributed by atoms with E-state index in [0.29, 0.717) is 0 Å². The second-order valence-corrected chi connectivity index (χ2v) is 7.18. The normalized spacial score (nSPS) is 22.0. The maximum Gasteiger partial charge on any atom is 0.428 e. The summed E-state index contributed by atoms with van der Waals surface area (Å²) in [5.74, 6) is 3.59. The molecule has 0 bridgehead atoms. The Morgan fingerprint density at radius 3 is 2.68 bits per heavy atom. The molecule has 13 heteroatoms. The third kappa shape index (κ3) is 5.16. The molecule has 180 valence electrons. The van der Waals surface area contributed by atoms with E-state index in [1.165, 1.54) is 6.20 Å². The van der Waals surface area contributed by atoms with Crippen LogP contribution in [0.1, 0.15) is 29.9 Å². The molecule has 0 fully saturated rings. The molecule has 1 amide bonds. The van der Waals surface area contributed by atoms with Crippen LogP contribution in [0.2, 0.25) is 0 Å². The average molecular weight is 483 g/mol. The Balaban J connectivity index is 1.85. The number of carbonyl (C=O) groups is 1. The van der Waals surface area contributed by atoms with Crippen molar-refractivity contribution in [3.05, 3.63) is 47.7 Å². The summed E-state index contributed by atoms with van der Waals surface area (Å²) in [7, 11) is 0. The van der Waals surface area contributed by atoms with Gasteiger partial charge in [0.1, 0.15) is 17.1 Å². The maximum atomic E-state index is 14.9. The van der Waals surface area contributed by atoms with Crippen LogP contribution in [-0.4, -0.2) is 47.0 Å². The number of anilines is 1. The Morgan fingerprint density at radius 1 is 1.32 bits per heavy atom. The molecule has 3 atom stereocenters. The van der Waals surface area contributed by atoms with Crippen LogP contribution < -0.4 is 15.8 Å². The van der Waals surface area contributed by atoms with E-state index in [2.05, 4.69) is 36.9 Å². The number of halogens is 5. The van der Waals surface area contributed by atoms with Gasteiger partial charge in [-0.2, -0.15) is 13.2 Å². The van der Waals surface area contributed by atoms with Crippen LogP contribution in [-0.2, 0) is 10.3 Å². The number of amidine groups is 1. The molecule has 3 rings (SSSR count). The smallest absolute Gasteiger partial charge is 0.428 e. The molecule has 0 aliphatic carbocycles. The predicted octanol–water partition coefficient (Wildman–Crippen LogP) is 3.10. The first kappa shape index (κ1) is 24.7. The van der Waals surface area contributed by atoms with E-state index in [4.69, 9.17) is 10.5 Å². The number of benzene rings is 1. The van der Waals surface area contributed by atoms with Gasteiger partial charge in [0.25, 0.3) is 11.9 Å². The fourth-order valence-corrected chi connectivity index (χ4v) is 3.12. The third-order valence-corrected chi connectivity index (χ3v) is 4.81. The fraction of sp³-hybridized carbons (Fsp3) is 0.333. The molecule has 1 aliphatic heterocycles. The molecule has 3 unspecified atom stereocenters. The number of ether oxygens (including phenoxy) is 2. The summed E-state index contributed by atoms with van der Waals surface area (Å²) >= 11 is 0. The number of aliphatic imine (C=N–C) groups is 1. The molecule has 1 aromatic heterocycles. The van der Waals surface area contributed by atoms with Gasteiger partial charge in [0.15, 0.2) is 12.8 Å². The highest BCUT2D eigenvalue weighted by Crippen LogP contribution is 2.43. The fourth-order valence-electron chi connectivity index (χ4n) is 3.12. The number of nitrogens with one attached hydrogen (secondary N) is 1. The van der Waals surface area contributed by atoms with Crippen molar-refractivity contribution in [3.63, 3.8) is 0 Å². The zero-order valence-electron chi connectivity index (χ0n) is 17.8. The van der Waals surface area contributed by atoms with Crippen molar-refractivity contribution in [1.29, 1.82) is 0 Å². The second kappa shape index (κ2) is 9.50. The van der Waals surface area contributed by atoms with E-state index < -0.39 is 47.3 Å². The second-order valence-electron chi connectivity index (χ2n) is 7.18. The van der Waals surface area contributed by atoms with Crippen molar-refractivity contribution >= 4 is 17.6 Å². The average Bonchev–Trinajstić information content (AvgIpc) is 2.77. The Labute approximate surface area is 190 Å². The van der Waals surface area contributed by atoms with Crippen molar-refractivity contribution in [1.82, 2.24) is 9.97 Å². The van der Waals surface area contributed by atoms with Gasteiger partial charge in [-0.15, -0.1) is 5.92 Å². The highest BCUT2D eigenvalue weighted by molar-refractivity contribution is 6.02. The number of aromatic nitrogens is 2. The summed E-state index contributed by atoms with van der Waals surface area (Å²) in [6.07, 6.45) is -8.59. The number of amides is 1. The quantitative estimate of drug-likeness (QED) is 0.500. The molecule has 0 radical (unpaired) electrons. The predicted molar refractivity (Wildman–Crippen MR) is 110 cm³/mol. The monoisotopic (exact) mass is 483 g/mol. The van der Waals surface area contributed by atoms with Gasteiger partial charge in [0.05, 0.1) is 12.4 Å². The zero-order valence-corrected chi connectivity index (χ0v) is 17.8. The van der Waals surface area contributed by atoms with Crippen LogP contribution in [0.25, 0.3) is 0 Å². The SMILES string of the molecule is CC#CCOc1cnc(C(=O)Nc2ccc(F)c(C3(C)N=C(N)OC(C(F)(F)F)C3F)c2)cn1. The number of carbonyl (C=O) groups excluding carboxylic acids is 1. The number of nitrogens with zero attached hydrogens (tertiary/aromatic N) is 3. The van der Waals surface area contributed by atoms with Gasteiger partial charge in [-0.1, -0.05) is 5.92 Å². The lowest BCUT2D eigenvalue weighted by Crippen LogP contribution is -2.55. The number of rotatable bonds is 5. The molecule has 1 aliphatic rings. The maximum absolute atomic E-state index is 14.9. The molecule has 0 spiro atoms. The van der Waals surface area contributed by atoms with Crippen molar-refractivity contribution in [3.8, 4) is 17.7 Å². The van der Waals surface area contributed by atoms with Crippen LogP contribution in [0.3, 0.4) is 0 Å². The Kier molecular flexibility index (Phi) is 6.90. The van der Waals surface area contributed by atoms with Gasteiger partial charge in [-0.05, 0) is 32.0 Å². The van der Waals surface area contributed by atoms with Crippen molar-refractivity contribution in [2.24, 2.45) is 10.7 Å². The van der Waals surface area contributed by atoms with E-state index in [1.54, 1.807) is 6.92 Å². The number of alkyl halides is 4. The summed E-state index contributed by atoms with van der Waals surface area (Å²) in [4.78, 5) is 23.9. The molecule has 1 aromatic carbocycles. The van der Waals surface area contributed by atoms with Crippen LogP contribution >= 0.6 is 0 Å². The minimum atomic E-state index is -5.12. The zero-order chi connectivity index (χ0) is 25.1. The summed E-state index contributed by atoms with van der Waals surface area (Å²) in [6, 6.07) is 2.00. The summed E-state index contributed by atoms with van der Waals surface area (Å²) in [6.45, 7) is 2.66. The van der Waals surface area contributed by atoms with E-state index in [9.17, 15) is 26.7 Å². The van der Waals surface area contributed by atoms with Gasteiger partial charge >= 0.3 is 6.18 Å². The van der Waals surface area contributed by atoms with E-state index in [-0.39, 0.29) is 23.9 Å². The van der Waals surface area contributed by atoms with Crippen LogP contribution in [0.5, 0.6) is 5.88 Å². The van der Waals surface area contributed by atoms with Crippen molar-refractivity contribution in [2.75, 3.05) is 11.9 Å². The summed E-state index contributed by atoms with van der Waals surface area (Å²) < 4.78 is 78.7. The lowest BCUT2D eigenvalue weighted by molar-refractivity contribution is -0.227. The molecule has 2 aromatic rings. The first-order valence-electron chi connectivity index (χ1n) is 9.64. The van der Waals surface area contributed by atoms with E-state index in [0.717, 1.165) is 31.3 Å². The van der Waals surface area contributed by atoms with Crippen LogP contribution in [0.4, 0.5) is 27.6 Å². The Bertz CT molecular complexity index is 1160. The first-order chi connectivity index (χ1) is 16.0. The lowest BCUT2D eigenvalue weighted by Gasteiger charge is -2.39. The molecule has 0 saturated carbocycles. The van der Waals surface area contributed by atoms with Crippen LogP contribution in [0.15, 0.2) is 35.6 Å². The van der Waals surface area contributed by atoms with Gasteiger partial charge in [0, 0.05) is 11.3 Å². The molecule has 0 saturated heterocycles. The standard InChI is InChI=1S/C21H18F5N5O3/c1-3-4-7-33-15-10-28-14(9-29-15)18(32)30-11-5-6-13(22)12(8-11)20(2)16(23)17(21(24,25)26)34-19(27)31-20/h5-6,8-10,16-17H,7H2,1-2H3,(H2,27,31)(H,30,32). The van der Waals surface area contributed by atoms with Gasteiger partial charge in [0.2, 0.25) is 12.0 Å². The third-order valence-electron chi connectivity index (χ3n) is 4.81. The van der Waals surface area contributed by atoms with Gasteiger partial charge < -0.3 is 20.5 Å². The van der Waals surface area contributed by atoms with E-state index in [1.807, 2.05) is 0 Å². The summed E-state index contributed by atoms with van der Waals surface area (Å²) in [5, 5.41) is 2.39. The molecular weight excluding hydrogens is 465 g/mol. The largest absolute Gasteiger partial charge is 0.463 e. The number of hydrogen-bond donors (Lipinski definition) is 2. The summed E-state index contributed by atoms with van der Waals surface area (Å²) in [5.41, 5.74) is 2.19. The van der Waals surface area contributed by atoms with Crippen LogP contribution in [0, 0.1) is 17.7 Å². The lowest BCUT2D eigenvalue weighted by atomic mass is 9.83. The molecule has 34 heavy (non-hydrogen) atoms. The Morgan fingerprint density at radius 2 is 2.06 bits per heavy atom. The minimum absolute atomic E-state index is 0.0565. The number of nitrogens with two attached hydrogens (primary N) is 1. The van der Waals surface area contributed by atoms with Crippen molar-refractivity contribution in [2.45, 2.75) is 37.8 Å². The van der Waals surface area contributed by atoms with Gasteiger partial charge in [-0.3, -0.25) is 4.79 Å². The van der Waals surface area contributed by atoms with Crippen molar-refractivity contribution < 1.29 is 36.2 Å². The highest BCUT2D eigenvalue weighted by atomic mass is 19.4.